The zero-order valence-corrected chi connectivity index (χ0v) is 11.5. The van der Waals surface area contributed by atoms with Gasteiger partial charge in [-0.25, -0.2) is 0 Å². The van der Waals surface area contributed by atoms with Gasteiger partial charge in [0, 0.05) is 0 Å². The molecule has 1 aliphatic rings. The third kappa shape index (κ3) is 1.39. The van der Waals surface area contributed by atoms with Crippen molar-refractivity contribution in [2.45, 2.75) is 6.61 Å². The number of hydrogen-bond donors (Lipinski definition) is 0. The molecule has 0 aliphatic carbocycles. The van der Waals surface area contributed by atoms with Crippen LogP contribution in [0.2, 0.25) is 0 Å². The van der Waals surface area contributed by atoms with Gasteiger partial charge in [0.05, 0.1) is 28.2 Å². The summed E-state index contributed by atoms with van der Waals surface area (Å²) in [6, 6.07) is 12.9. The molecule has 0 saturated carbocycles. The average Bonchev–Trinajstić information content (AvgIpc) is 3.04. The highest BCUT2D eigenvalue weighted by molar-refractivity contribution is 6.02. The second-order valence-corrected chi connectivity index (χ2v) is 5.30. The highest BCUT2D eigenvalue weighted by Crippen LogP contribution is 2.38. The van der Waals surface area contributed by atoms with Gasteiger partial charge in [0.25, 0.3) is 0 Å². The largest absolute Gasteiger partial charge is 0.488 e. The Hall–Kier alpha value is -3.01. The monoisotopic (exact) mass is 290 g/mol. The molecule has 0 N–H and O–H groups in total. The summed E-state index contributed by atoms with van der Waals surface area (Å²) >= 11 is 0. The van der Waals surface area contributed by atoms with Crippen molar-refractivity contribution in [3.05, 3.63) is 64.5 Å². The lowest BCUT2D eigenvalue weighted by Crippen LogP contribution is -2.17. The fraction of sp³-hybridized carbons (Fsp3) is 0.0556. The maximum atomic E-state index is 12.8. The lowest BCUT2D eigenvalue weighted by atomic mass is 10.0. The van der Waals surface area contributed by atoms with Gasteiger partial charge in [-0.2, -0.15) is 0 Å². The van der Waals surface area contributed by atoms with Crippen molar-refractivity contribution < 1.29 is 13.6 Å². The van der Waals surface area contributed by atoms with E-state index in [0.29, 0.717) is 27.9 Å². The Kier molecular flexibility index (Phi) is 2.12. The Labute approximate surface area is 124 Å². The standard InChI is InChI=1S/C18H10O4/c19-16-12-5-6-15-11(7-8-20-15)17(12)22-18-10-3-1-2-4-14(10)21-9-13(16)18/h1-8H,9H2. The van der Waals surface area contributed by atoms with Gasteiger partial charge in [0.2, 0.25) is 0 Å². The van der Waals surface area contributed by atoms with E-state index in [1.807, 2.05) is 30.3 Å². The van der Waals surface area contributed by atoms with Crippen LogP contribution in [0.25, 0.3) is 33.3 Å². The van der Waals surface area contributed by atoms with Gasteiger partial charge in [-0.3, -0.25) is 4.79 Å². The molecule has 0 saturated heterocycles. The van der Waals surface area contributed by atoms with E-state index in [-0.39, 0.29) is 12.0 Å². The maximum absolute atomic E-state index is 12.8. The lowest BCUT2D eigenvalue weighted by Gasteiger charge is -2.19. The highest BCUT2D eigenvalue weighted by Gasteiger charge is 2.24. The minimum absolute atomic E-state index is 0.0474. The van der Waals surface area contributed by atoms with Crippen LogP contribution in [0.1, 0.15) is 5.56 Å². The molecule has 0 atom stereocenters. The minimum atomic E-state index is -0.0474. The van der Waals surface area contributed by atoms with Crippen LogP contribution in [0.3, 0.4) is 0 Å². The molecule has 0 amide bonds. The first-order chi connectivity index (χ1) is 10.8. The van der Waals surface area contributed by atoms with Crippen molar-refractivity contribution in [1.82, 2.24) is 0 Å². The second-order valence-electron chi connectivity index (χ2n) is 5.30. The van der Waals surface area contributed by atoms with Crippen molar-refractivity contribution in [2.75, 3.05) is 0 Å². The molecular formula is C18H10O4. The van der Waals surface area contributed by atoms with Crippen molar-refractivity contribution in [2.24, 2.45) is 0 Å². The summed E-state index contributed by atoms with van der Waals surface area (Å²) in [6.45, 7) is 0.230. The van der Waals surface area contributed by atoms with Crippen LogP contribution in [0.4, 0.5) is 0 Å². The SMILES string of the molecule is O=c1c2c(oc3c1ccc1occc13)-c1ccccc1OC2. The minimum Gasteiger partial charge on any atom is -0.488 e. The average molecular weight is 290 g/mol. The molecule has 106 valence electrons. The van der Waals surface area contributed by atoms with Crippen LogP contribution in [0, 0.1) is 0 Å². The van der Waals surface area contributed by atoms with E-state index in [0.717, 1.165) is 16.7 Å². The van der Waals surface area contributed by atoms with E-state index in [4.69, 9.17) is 13.6 Å². The molecule has 0 bridgehead atoms. The molecule has 5 rings (SSSR count). The number of benzene rings is 2. The van der Waals surface area contributed by atoms with Crippen LogP contribution in [0.5, 0.6) is 5.75 Å². The number of fused-ring (bicyclic) bond motifs is 6. The molecule has 4 heteroatoms. The second kappa shape index (κ2) is 4.01. The molecule has 0 fully saturated rings. The third-order valence-corrected chi connectivity index (χ3v) is 4.09. The summed E-state index contributed by atoms with van der Waals surface area (Å²) in [5, 5.41) is 1.36. The van der Waals surface area contributed by atoms with Gasteiger partial charge in [0.1, 0.15) is 29.3 Å². The van der Waals surface area contributed by atoms with Crippen LogP contribution in [0.15, 0.2) is 62.4 Å². The van der Waals surface area contributed by atoms with Crippen LogP contribution in [-0.4, -0.2) is 0 Å². The number of rotatable bonds is 0. The van der Waals surface area contributed by atoms with Gasteiger partial charge in [-0.05, 0) is 30.3 Å². The Morgan fingerprint density at radius 2 is 1.86 bits per heavy atom. The quantitative estimate of drug-likeness (QED) is 0.489. The zero-order valence-electron chi connectivity index (χ0n) is 11.5. The van der Waals surface area contributed by atoms with E-state index < -0.39 is 0 Å². The number of para-hydroxylation sites is 1. The summed E-state index contributed by atoms with van der Waals surface area (Å²) in [5.41, 5.74) is 2.59. The summed E-state index contributed by atoms with van der Waals surface area (Å²) < 4.78 is 17.2. The van der Waals surface area contributed by atoms with Crippen molar-refractivity contribution in [3.8, 4) is 17.1 Å². The predicted octanol–water partition coefficient (Wildman–Crippen LogP) is 4.10. The van der Waals surface area contributed by atoms with Gasteiger partial charge >= 0.3 is 0 Å². The third-order valence-electron chi connectivity index (χ3n) is 4.09. The van der Waals surface area contributed by atoms with E-state index >= 15 is 0 Å². The predicted molar refractivity (Wildman–Crippen MR) is 82.0 cm³/mol. The van der Waals surface area contributed by atoms with E-state index in [9.17, 15) is 4.79 Å². The Balaban J connectivity index is 1.99. The molecule has 0 radical (unpaired) electrons. The molecule has 2 aromatic heterocycles. The fourth-order valence-corrected chi connectivity index (χ4v) is 3.01. The van der Waals surface area contributed by atoms with Gasteiger partial charge < -0.3 is 13.6 Å². The first-order valence-corrected chi connectivity index (χ1v) is 7.01. The molecule has 4 aromatic rings. The van der Waals surface area contributed by atoms with Crippen molar-refractivity contribution >= 4 is 21.9 Å². The van der Waals surface area contributed by atoms with Gasteiger partial charge in [-0.15, -0.1) is 0 Å². The molecule has 0 spiro atoms. The summed E-state index contributed by atoms with van der Waals surface area (Å²) in [7, 11) is 0. The van der Waals surface area contributed by atoms with Crippen LogP contribution < -0.4 is 10.2 Å². The smallest absolute Gasteiger partial charge is 0.199 e. The Morgan fingerprint density at radius 1 is 0.955 bits per heavy atom. The number of hydrogen-bond acceptors (Lipinski definition) is 4. The molecular weight excluding hydrogens is 280 g/mol. The Bertz CT molecular complexity index is 1100. The normalized spacial score (nSPS) is 12.9. The highest BCUT2D eigenvalue weighted by atomic mass is 16.5. The molecule has 1 aliphatic heterocycles. The molecule has 22 heavy (non-hydrogen) atoms. The number of ether oxygens (including phenoxy) is 1. The molecule has 3 heterocycles. The van der Waals surface area contributed by atoms with Crippen LogP contribution >= 0.6 is 0 Å². The van der Waals surface area contributed by atoms with Crippen molar-refractivity contribution in [1.29, 1.82) is 0 Å². The number of furan rings is 1. The summed E-state index contributed by atoms with van der Waals surface area (Å²) in [4.78, 5) is 12.8. The summed E-state index contributed by atoms with van der Waals surface area (Å²) in [6.07, 6.45) is 1.60. The zero-order chi connectivity index (χ0) is 14.7. The fourth-order valence-electron chi connectivity index (χ4n) is 3.01. The van der Waals surface area contributed by atoms with Crippen LogP contribution in [-0.2, 0) is 6.61 Å². The topological polar surface area (TPSA) is 52.6 Å². The van der Waals surface area contributed by atoms with E-state index in [1.165, 1.54) is 0 Å². The first-order valence-electron chi connectivity index (χ1n) is 7.01. The van der Waals surface area contributed by atoms with Gasteiger partial charge in [0.15, 0.2) is 5.43 Å². The maximum Gasteiger partial charge on any atom is 0.199 e. The lowest BCUT2D eigenvalue weighted by molar-refractivity contribution is 0.295. The molecule has 2 aromatic carbocycles. The first kappa shape index (κ1) is 11.6. The van der Waals surface area contributed by atoms with Crippen molar-refractivity contribution in [3.63, 3.8) is 0 Å². The summed E-state index contributed by atoms with van der Waals surface area (Å²) in [5.74, 6) is 1.32. The molecule has 0 unspecified atom stereocenters. The molecule has 4 nitrogen and oxygen atoms in total. The van der Waals surface area contributed by atoms with E-state index in [1.54, 1.807) is 18.4 Å². The Morgan fingerprint density at radius 3 is 2.82 bits per heavy atom. The van der Waals surface area contributed by atoms with Gasteiger partial charge in [-0.1, -0.05) is 12.1 Å². The van der Waals surface area contributed by atoms with E-state index in [2.05, 4.69) is 0 Å².